The van der Waals surface area contributed by atoms with Crippen LogP contribution in [0.5, 0.6) is 0 Å². The summed E-state index contributed by atoms with van der Waals surface area (Å²) in [5.41, 5.74) is 0.809. The number of hydrogen-bond donors (Lipinski definition) is 2. The van der Waals surface area contributed by atoms with Crippen LogP contribution in [-0.4, -0.2) is 18.4 Å². The summed E-state index contributed by atoms with van der Waals surface area (Å²) in [6, 6.07) is 3.12. The summed E-state index contributed by atoms with van der Waals surface area (Å²) in [7, 11) is -3.62. The van der Waals surface area contributed by atoms with Crippen LogP contribution in [-0.2, 0) is 10.0 Å². The first kappa shape index (κ1) is 13.9. The second kappa shape index (κ2) is 5.24. The van der Waals surface area contributed by atoms with Gasteiger partial charge in [-0.3, -0.25) is 0 Å². The third kappa shape index (κ3) is 2.91. The molecule has 0 fully saturated rings. The van der Waals surface area contributed by atoms with Crippen LogP contribution in [0, 0.1) is 0 Å². The Labute approximate surface area is 125 Å². The lowest BCUT2D eigenvalue weighted by atomic mass is 10.3. The number of nitrogens with one attached hydrogen (secondary N) is 2. The van der Waals surface area contributed by atoms with E-state index in [0.717, 1.165) is 10.6 Å². The number of sulfonamides is 1. The molecule has 0 saturated carbocycles. The largest absolute Gasteiger partial charge is 0.370 e. The molecule has 0 spiro atoms. The van der Waals surface area contributed by atoms with Crippen molar-refractivity contribution in [2.75, 3.05) is 12.0 Å². The Morgan fingerprint density at radius 1 is 1.53 bits per heavy atom. The van der Waals surface area contributed by atoms with Gasteiger partial charge in [0, 0.05) is 37.2 Å². The minimum atomic E-state index is -3.62. The smallest absolute Gasteiger partial charge is 0.251 e. The molecule has 0 aromatic heterocycles. The number of benzene rings is 1. The molecule has 10 heteroatoms. The van der Waals surface area contributed by atoms with Gasteiger partial charge >= 0.3 is 0 Å². The minimum Gasteiger partial charge on any atom is -0.370 e. The van der Waals surface area contributed by atoms with Crippen LogP contribution < -0.4 is 9.06 Å². The van der Waals surface area contributed by atoms with E-state index in [0.29, 0.717) is 6.67 Å². The summed E-state index contributed by atoms with van der Waals surface area (Å²) in [6.45, 7) is 0.594. The van der Waals surface area contributed by atoms with Gasteiger partial charge in [-0.2, -0.15) is 3.33 Å². The zero-order valence-corrected chi connectivity index (χ0v) is 13.6. The van der Waals surface area contributed by atoms with E-state index >= 15 is 0 Å². The predicted octanol–water partition coefficient (Wildman–Crippen LogP) is 2.93. The molecule has 0 atom stereocenters. The molecule has 94 valence electrons. The third-order valence-electron chi connectivity index (χ3n) is 2.02. The Morgan fingerprint density at radius 3 is 2.88 bits per heavy atom. The predicted molar refractivity (Wildman–Crippen MR) is 75.8 cm³/mol. The van der Waals surface area contributed by atoms with E-state index in [-0.39, 0.29) is 9.92 Å². The van der Waals surface area contributed by atoms with Crippen LogP contribution in [0.15, 0.2) is 21.9 Å². The quantitative estimate of drug-likeness (QED) is 0.566. The van der Waals surface area contributed by atoms with Crippen LogP contribution in [0.2, 0.25) is 5.02 Å². The lowest BCUT2D eigenvalue weighted by Crippen LogP contribution is -2.20. The average Bonchev–Trinajstić information content (AvgIpc) is 2.28. The molecule has 1 aromatic carbocycles. The van der Waals surface area contributed by atoms with Gasteiger partial charge in [-0.15, -0.1) is 3.75 Å². The second-order valence-electron chi connectivity index (χ2n) is 3.10. The number of halogens is 3. The first-order valence-electron chi connectivity index (χ1n) is 4.25. The zero-order chi connectivity index (χ0) is 12.6. The van der Waals surface area contributed by atoms with Crippen LogP contribution >= 0.6 is 55.8 Å². The van der Waals surface area contributed by atoms with Crippen molar-refractivity contribution in [1.82, 2.24) is 7.08 Å². The molecule has 1 aliphatic rings. The summed E-state index contributed by atoms with van der Waals surface area (Å²) in [6.07, 6.45) is 0. The summed E-state index contributed by atoms with van der Waals surface area (Å²) >= 11 is 13.3. The van der Waals surface area contributed by atoms with Crippen LogP contribution in [0.25, 0.3) is 0 Å². The summed E-state index contributed by atoms with van der Waals surface area (Å²) in [4.78, 5) is 0.811. The Kier molecular flexibility index (Phi) is 4.28. The third-order valence-corrected chi connectivity index (χ3v) is 6.39. The Bertz CT molecular complexity index is 554. The summed E-state index contributed by atoms with van der Waals surface area (Å²) in [5, 5.41) is 3.27. The van der Waals surface area contributed by atoms with Crippen molar-refractivity contribution in [2.45, 2.75) is 9.79 Å². The summed E-state index contributed by atoms with van der Waals surface area (Å²) < 4.78 is 27.2. The Hall–Kier alpha value is 0.490. The molecule has 0 bridgehead atoms. The van der Waals surface area contributed by atoms with Crippen LogP contribution in [0.4, 0.5) is 5.69 Å². The maximum absolute atomic E-state index is 11.7. The van der Waals surface area contributed by atoms with Gasteiger partial charge in [-0.1, -0.05) is 11.6 Å². The van der Waals surface area contributed by atoms with E-state index in [1.54, 1.807) is 9.40 Å². The molecule has 0 saturated heterocycles. The molecular weight excluding hydrogens is 417 g/mol. The molecule has 1 heterocycles. The van der Waals surface area contributed by atoms with Crippen molar-refractivity contribution in [1.29, 1.82) is 0 Å². The first-order valence-corrected chi connectivity index (χ1v) is 8.39. The van der Waals surface area contributed by atoms with Crippen LogP contribution in [0.3, 0.4) is 0 Å². The molecule has 2 rings (SSSR count). The maximum atomic E-state index is 11.7. The molecule has 17 heavy (non-hydrogen) atoms. The van der Waals surface area contributed by atoms with E-state index in [2.05, 4.69) is 41.4 Å². The topological polar surface area (TPSA) is 61.4 Å². The highest BCUT2D eigenvalue weighted by Crippen LogP contribution is 2.40. The van der Waals surface area contributed by atoms with E-state index < -0.39 is 10.0 Å². The Balaban J connectivity index is 2.54. The molecule has 0 aliphatic carbocycles. The van der Waals surface area contributed by atoms with Crippen molar-refractivity contribution in [3.8, 4) is 0 Å². The molecule has 1 aliphatic heterocycles. The molecule has 0 radical (unpaired) electrons. The fraction of sp³-hybridized carbons (Fsp3) is 0.143. The molecule has 1 aromatic rings. The number of rotatable bonds is 2. The average molecular weight is 424 g/mol. The standard InChI is InChI=1S/C7H6Br2ClN3O2S2/c8-12-17(14,15)7-2-6-5(1-4(7)10)11-3-13(9)16-6/h1-2,11-12H,3H2. The number of hydrogen-bond acceptors (Lipinski definition) is 5. The number of anilines is 1. The lowest BCUT2D eigenvalue weighted by molar-refractivity contribution is 0.595. The van der Waals surface area contributed by atoms with Gasteiger partial charge in [0.15, 0.2) is 0 Å². The van der Waals surface area contributed by atoms with E-state index in [1.165, 1.54) is 18.0 Å². The van der Waals surface area contributed by atoms with Crippen LogP contribution in [0.1, 0.15) is 0 Å². The van der Waals surface area contributed by atoms with E-state index in [4.69, 9.17) is 11.6 Å². The fourth-order valence-electron chi connectivity index (χ4n) is 1.28. The molecule has 0 amide bonds. The highest BCUT2D eigenvalue weighted by Gasteiger charge is 2.22. The van der Waals surface area contributed by atoms with Crippen molar-refractivity contribution in [2.24, 2.45) is 0 Å². The normalized spacial score (nSPS) is 16.4. The monoisotopic (exact) mass is 421 g/mol. The maximum Gasteiger partial charge on any atom is 0.251 e. The van der Waals surface area contributed by atoms with Gasteiger partial charge in [0.05, 0.1) is 17.4 Å². The van der Waals surface area contributed by atoms with Gasteiger partial charge in [0.25, 0.3) is 10.0 Å². The van der Waals surface area contributed by atoms with Crippen molar-refractivity contribution >= 4 is 71.6 Å². The fourth-order valence-corrected chi connectivity index (χ4v) is 4.36. The van der Waals surface area contributed by atoms with E-state index in [9.17, 15) is 8.42 Å². The van der Waals surface area contributed by atoms with Crippen molar-refractivity contribution < 1.29 is 8.42 Å². The number of nitrogens with zero attached hydrogens (tertiary/aromatic N) is 1. The molecule has 5 nitrogen and oxygen atoms in total. The highest BCUT2D eigenvalue weighted by atomic mass is 79.9. The van der Waals surface area contributed by atoms with E-state index in [1.807, 2.05) is 0 Å². The van der Waals surface area contributed by atoms with Gasteiger partial charge in [-0.25, -0.2) is 8.42 Å². The van der Waals surface area contributed by atoms with Gasteiger partial charge in [0.2, 0.25) is 0 Å². The van der Waals surface area contributed by atoms with Gasteiger partial charge < -0.3 is 5.32 Å². The lowest BCUT2D eigenvalue weighted by Gasteiger charge is -2.24. The molecular formula is C7H6Br2ClN3O2S2. The van der Waals surface area contributed by atoms with Crippen molar-refractivity contribution in [3.05, 3.63) is 17.2 Å². The van der Waals surface area contributed by atoms with Crippen molar-refractivity contribution in [3.63, 3.8) is 0 Å². The highest BCUT2D eigenvalue weighted by molar-refractivity contribution is 9.09. The SMILES string of the molecule is O=S(=O)(NBr)c1cc2c(cc1Cl)NCN(Br)S2. The first-order chi connectivity index (χ1) is 7.94. The number of fused-ring (bicyclic) bond motifs is 1. The summed E-state index contributed by atoms with van der Waals surface area (Å²) in [5.74, 6) is 0. The second-order valence-corrected chi connectivity index (χ2v) is 8.47. The minimum absolute atomic E-state index is 0.0342. The molecule has 2 N–H and O–H groups in total. The zero-order valence-electron chi connectivity index (χ0n) is 8.08. The van der Waals surface area contributed by atoms with Gasteiger partial charge in [0.1, 0.15) is 4.90 Å². The molecule has 0 unspecified atom stereocenters. The Morgan fingerprint density at radius 2 is 2.24 bits per heavy atom. The van der Waals surface area contributed by atoms with Gasteiger partial charge in [-0.05, 0) is 24.1 Å².